The zero-order chi connectivity index (χ0) is 12.1. The number of carbonyl (C=O) groups is 1. The Bertz CT molecular complexity index is 372. The molecule has 1 aliphatic heterocycles. The number of amides is 1. The van der Waals surface area contributed by atoms with Crippen LogP contribution in [0.2, 0.25) is 0 Å². The van der Waals surface area contributed by atoms with Gasteiger partial charge in [0.25, 0.3) is 0 Å². The van der Waals surface area contributed by atoms with Gasteiger partial charge >= 0.3 is 0 Å². The molecule has 0 spiro atoms. The number of halogens is 1. The van der Waals surface area contributed by atoms with Crippen molar-refractivity contribution >= 4 is 5.91 Å². The van der Waals surface area contributed by atoms with E-state index in [2.05, 4.69) is 0 Å². The fourth-order valence-corrected chi connectivity index (χ4v) is 1.87. The topological polar surface area (TPSA) is 29.5 Å². The number of benzene rings is 1. The SMILES string of the molecule is O=C(CCc1ccc(F)cc1)N1CCOCC1. The van der Waals surface area contributed by atoms with E-state index >= 15 is 0 Å². The third-order valence-corrected chi connectivity index (χ3v) is 2.90. The molecule has 0 saturated carbocycles. The summed E-state index contributed by atoms with van der Waals surface area (Å²) >= 11 is 0. The Hall–Kier alpha value is -1.42. The minimum Gasteiger partial charge on any atom is -0.378 e. The van der Waals surface area contributed by atoms with Gasteiger partial charge in [0.15, 0.2) is 0 Å². The molecule has 0 atom stereocenters. The molecule has 2 rings (SSSR count). The van der Waals surface area contributed by atoms with Crippen LogP contribution in [0, 0.1) is 5.82 Å². The average Bonchev–Trinajstić information content (AvgIpc) is 2.39. The van der Waals surface area contributed by atoms with E-state index < -0.39 is 0 Å². The van der Waals surface area contributed by atoms with Crippen LogP contribution in [0.1, 0.15) is 12.0 Å². The van der Waals surface area contributed by atoms with Crippen LogP contribution < -0.4 is 0 Å². The summed E-state index contributed by atoms with van der Waals surface area (Å²) in [5.41, 5.74) is 0.994. The molecule has 17 heavy (non-hydrogen) atoms. The van der Waals surface area contributed by atoms with E-state index in [4.69, 9.17) is 4.74 Å². The van der Waals surface area contributed by atoms with Crippen LogP contribution in [0.25, 0.3) is 0 Å². The minimum atomic E-state index is -0.242. The number of hydrogen-bond acceptors (Lipinski definition) is 2. The molecule has 1 aliphatic rings. The normalized spacial score (nSPS) is 15.9. The highest BCUT2D eigenvalue weighted by atomic mass is 19.1. The Morgan fingerprint density at radius 2 is 1.88 bits per heavy atom. The molecule has 3 nitrogen and oxygen atoms in total. The monoisotopic (exact) mass is 237 g/mol. The van der Waals surface area contributed by atoms with Crippen molar-refractivity contribution in [3.63, 3.8) is 0 Å². The van der Waals surface area contributed by atoms with Crippen molar-refractivity contribution in [2.45, 2.75) is 12.8 Å². The molecule has 1 heterocycles. The van der Waals surface area contributed by atoms with Gasteiger partial charge in [0.05, 0.1) is 13.2 Å². The van der Waals surface area contributed by atoms with E-state index in [0.717, 1.165) is 5.56 Å². The second kappa shape index (κ2) is 5.77. The quantitative estimate of drug-likeness (QED) is 0.799. The summed E-state index contributed by atoms with van der Waals surface area (Å²) < 4.78 is 17.9. The molecule has 0 aromatic heterocycles. The molecule has 0 unspecified atom stereocenters. The highest BCUT2D eigenvalue weighted by molar-refractivity contribution is 5.76. The van der Waals surface area contributed by atoms with Gasteiger partial charge in [0.2, 0.25) is 5.91 Å². The molecule has 92 valence electrons. The maximum atomic E-state index is 12.7. The fourth-order valence-electron chi connectivity index (χ4n) is 1.87. The third-order valence-electron chi connectivity index (χ3n) is 2.90. The van der Waals surface area contributed by atoms with Crippen molar-refractivity contribution in [2.75, 3.05) is 26.3 Å². The van der Waals surface area contributed by atoms with Crippen LogP contribution in [0.5, 0.6) is 0 Å². The van der Waals surface area contributed by atoms with E-state index in [9.17, 15) is 9.18 Å². The molecular weight excluding hydrogens is 221 g/mol. The Morgan fingerprint density at radius 3 is 2.53 bits per heavy atom. The summed E-state index contributed by atoms with van der Waals surface area (Å²) in [7, 11) is 0. The van der Waals surface area contributed by atoms with Crippen molar-refractivity contribution in [3.8, 4) is 0 Å². The number of hydrogen-bond donors (Lipinski definition) is 0. The van der Waals surface area contributed by atoms with Crippen LogP contribution in [0.15, 0.2) is 24.3 Å². The summed E-state index contributed by atoms with van der Waals surface area (Å²) in [6.07, 6.45) is 1.14. The number of nitrogens with zero attached hydrogens (tertiary/aromatic N) is 1. The number of ether oxygens (including phenoxy) is 1. The first-order valence-corrected chi connectivity index (χ1v) is 5.85. The first-order valence-electron chi connectivity index (χ1n) is 5.85. The molecule has 0 N–H and O–H groups in total. The molecule has 1 aromatic carbocycles. The predicted molar refractivity (Wildman–Crippen MR) is 62.1 cm³/mol. The summed E-state index contributed by atoms with van der Waals surface area (Å²) in [6.45, 7) is 2.62. The molecular formula is C13H16FNO2. The van der Waals surface area contributed by atoms with Gasteiger partial charge < -0.3 is 9.64 Å². The van der Waals surface area contributed by atoms with Crippen LogP contribution >= 0.6 is 0 Å². The fraction of sp³-hybridized carbons (Fsp3) is 0.462. The van der Waals surface area contributed by atoms with Gasteiger partial charge in [0, 0.05) is 19.5 Å². The smallest absolute Gasteiger partial charge is 0.223 e. The lowest BCUT2D eigenvalue weighted by atomic mass is 10.1. The van der Waals surface area contributed by atoms with E-state index in [1.54, 1.807) is 12.1 Å². The largest absolute Gasteiger partial charge is 0.378 e. The van der Waals surface area contributed by atoms with Crippen LogP contribution in [-0.2, 0) is 16.0 Å². The Balaban J connectivity index is 1.81. The van der Waals surface area contributed by atoms with Crippen molar-refractivity contribution in [1.29, 1.82) is 0 Å². The van der Waals surface area contributed by atoms with Gasteiger partial charge in [-0.2, -0.15) is 0 Å². The van der Waals surface area contributed by atoms with Crippen LogP contribution in [-0.4, -0.2) is 37.1 Å². The Morgan fingerprint density at radius 1 is 1.24 bits per heavy atom. The molecule has 4 heteroatoms. The standard InChI is InChI=1S/C13H16FNO2/c14-12-4-1-11(2-5-12)3-6-13(16)15-7-9-17-10-8-15/h1-2,4-5H,3,6-10H2. The summed E-state index contributed by atoms with van der Waals surface area (Å²) in [5.74, 6) is -0.0918. The number of carbonyl (C=O) groups excluding carboxylic acids is 1. The van der Waals surface area contributed by atoms with Crippen LogP contribution in [0.4, 0.5) is 4.39 Å². The summed E-state index contributed by atoms with van der Waals surface area (Å²) in [6, 6.07) is 6.30. The van der Waals surface area contributed by atoms with E-state index in [1.165, 1.54) is 12.1 Å². The zero-order valence-electron chi connectivity index (χ0n) is 9.69. The maximum absolute atomic E-state index is 12.7. The zero-order valence-corrected chi connectivity index (χ0v) is 9.69. The van der Waals surface area contributed by atoms with Crippen LogP contribution in [0.3, 0.4) is 0 Å². The van der Waals surface area contributed by atoms with Gasteiger partial charge in [0.1, 0.15) is 5.82 Å². The number of aryl methyl sites for hydroxylation is 1. The predicted octanol–water partition coefficient (Wildman–Crippen LogP) is 1.62. The molecule has 1 fully saturated rings. The van der Waals surface area contributed by atoms with Gasteiger partial charge in [-0.1, -0.05) is 12.1 Å². The van der Waals surface area contributed by atoms with Gasteiger partial charge in [-0.05, 0) is 24.1 Å². The highest BCUT2D eigenvalue weighted by Crippen LogP contribution is 2.08. The highest BCUT2D eigenvalue weighted by Gasteiger charge is 2.16. The first kappa shape index (κ1) is 12.0. The summed E-state index contributed by atoms with van der Waals surface area (Å²) in [5, 5.41) is 0. The average molecular weight is 237 g/mol. The summed E-state index contributed by atoms with van der Waals surface area (Å²) in [4.78, 5) is 13.7. The van der Waals surface area contributed by atoms with Crippen molar-refractivity contribution in [3.05, 3.63) is 35.6 Å². The second-order valence-electron chi connectivity index (χ2n) is 4.12. The lowest BCUT2D eigenvalue weighted by molar-refractivity contribution is -0.135. The second-order valence-corrected chi connectivity index (χ2v) is 4.12. The van der Waals surface area contributed by atoms with E-state index in [-0.39, 0.29) is 11.7 Å². The van der Waals surface area contributed by atoms with Crippen molar-refractivity contribution < 1.29 is 13.9 Å². The number of rotatable bonds is 3. The van der Waals surface area contributed by atoms with Gasteiger partial charge in [-0.3, -0.25) is 4.79 Å². The van der Waals surface area contributed by atoms with E-state index in [1.807, 2.05) is 4.90 Å². The lowest BCUT2D eigenvalue weighted by Gasteiger charge is -2.26. The lowest BCUT2D eigenvalue weighted by Crippen LogP contribution is -2.40. The molecule has 0 aliphatic carbocycles. The maximum Gasteiger partial charge on any atom is 0.223 e. The Kier molecular flexibility index (Phi) is 4.09. The van der Waals surface area contributed by atoms with Gasteiger partial charge in [-0.15, -0.1) is 0 Å². The number of morpholine rings is 1. The molecule has 0 radical (unpaired) electrons. The Labute approximate surface area is 100 Å². The molecule has 1 amide bonds. The minimum absolute atomic E-state index is 0.151. The third kappa shape index (κ3) is 3.53. The van der Waals surface area contributed by atoms with E-state index in [0.29, 0.717) is 39.1 Å². The van der Waals surface area contributed by atoms with Crippen molar-refractivity contribution in [1.82, 2.24) is 4.90 Å². The first-order chi connectivity index (χ1) is 8.25. The molecule has 0 bridgehead atoms. The molecule has 1 saturated heterocycles. The van der Waals surface area contributed by atoms with Crippen molar-refractivity contribution in [2.24, 2.45) is 0 Å². The van der Waals surface area contributed by atoms with Gasteiger partial charge in [-0.25, -0.2) is 4.39 Å². The molecule has 1 aromatic rings.